The molecular weight excluding hydrogens is 556 g/mol. The molecule has 0 atom stereocenters. The molecule has 2 heteroatoms. The second-order valence-corrected chi connectivity index (χ2v) is 11.8. The second-order valence-electron chi connectivity index (χ2n) is 11.8. The predicted octanol–water partition coefficient (Wildman–Crippen LogP) is 11.8. The molecule has 0 unspecified atom stereocenters. The molecule has 0 amide bonds. The number of rotatable bonds is 4. The molecule has 7 aromatic carbocycles. The summed E-state index contributed by atoms with van der Waals surface area (Å²) in [6.45, 7) is 0. The van der Waals surface area contributed by atoms with Crippen LogP contribution in [0.2, 0.25) is 0 Å². The van der Waals surface area contributed by atoms with Gasteiger partial charge in [-0.05, 0) is 68.1 Å². The Morgan fingerprint density at radius 1 is 0.283 bits per heavy atom. The Morgan fingerprint density at radius 3 is 1.46 bits per heavy atom. The first-order valence-corrected chi connectivity index (χ1v) is 15.7. The molecule has 0 spiro atoms. The molecule has 9 aromatic rings. The lowest BCUT2D eigenvalue weighted by Crippen LogP contribution is -1.92. The van der Waals surface area contributed by atoms with Gasteiger partial charge in [-0.2, -0.15) is 0 Å². The van der Waals surface area contributed by atoms with Gasteiger partial charge < -0.3 is 0 Å². The van der Waals surface area contributed by atoms with Crippen LogP contribution >= 0.6 is 0 Å². The Hall–Kier alpha value is -6.12. The highest BCUT2D eigenvalue weighted by atomic mass is 14.8. The van der Waals surface area contributed by atoms with Gasteiger partial charge in [-0.1, -0.05) is 146 Å². The standard InChI is InChI=1S/C44H28N2/c1-3-9-29(10-4-1)33-17-18-35-28-36(20-19-34(35)27-33)37-23-24-40(39-14-8-7-13-38(37)39)42-26-22-32-16-15-31-21-25-41(30-11-5-2-6-12-30)45-43(31)44(32)46-42/h1-28H. The van der Waals surface area contributed by atoms with Crippen molar-refractivity contribution >= 4 is 43.4 Å². The van der Waals surface area contributed by atoms with Crippen LogP contribution in [-0.2, 0) is 0 Å². The van der Waals surface area contributed by atoms with Crippen molar-refractivity contribution in [2.45, 2.75) is 0 Å². The van der Waals surface area contributed by atoms with E-state index in [-0.39, 0.29) is 0 Å². The smallest absolute Gasteiger partial charge is 0.0972 e. The minimum Gasteiger partial charge on any atom is -0.245 e. The molecule has 0 radical (unpaired) electrons. The van der Waals surface area contributed by atoms with Crippen LogP contribution in [0, 0.1) is 0 Å². The molecule has 0 N–H and O–H groups in total. The van der Waals surface area contributed by atoms with E-state index in [0.29, 0.717) is 0 Å². The van der Waals surface area contributed by atoms with Crippen molar-refractivity contribution in [2.24, 2.45) is 0 Å². The summed E-state index contributed by atoms with van der Waals surface area (Å²) in [4.78, 5) is 10.4. The largest absolute Gasteiger partial charge is 0.245 e. The lowest BCUT2D eigenvalue weighted by Gasteiger charge is -2.13. The van der Waals surface area contributed by atoms with Crippen LogP contribution in [0.1, 0.15) is 0 Å². The summed E-state index contributed by atoms with van der Waals surface area (Å²) in [7, 11) is 0. The van der Waals surface area contributed by atoms with Gasteiger partial charge in [-0.3, -0.25) is 0 Å². The molecule has 0 aliphatic carbocycles. The van der Waals surface area contributed by atoms with Gasteiger partial charge in [-0.15, -0.1) is 0 Å². The predicted molar refractivity (Wildman–Crippen MR) is 194 cm³/mol. The van der Waals surface area contributed by atoms with E-state index in [2.05, 4.69) is 164 Å². The fourth-order valence-corrected chi connectivity index (χ4v) is 6.68. The molecule has 2 nitrogen and oxygen atoms in total. The maximum absolute atomic E-state index is 5.27. The fraction of sp³-hybridized carbons (Fsp3) is 0. The second kappa shape index (κ2) is 10.8. The summed E-state index contributed by atoms with van der Waals surface area (Å²) in [5, 5.41) is 7.04. The van der Waals surface area contributed by atoms with Crippen LogP contribution in [0.4, 0.5) is 0 Å². The Morgan fingerprint density at radius 2 is 0.761 bits per heavy atom. The molecule has 0 fully saturated rings. The topological polar surface area (TPSA) is 25.8 Å². The van der Waals surface area contributed by atoms with Gasteiger partial charge in [0.05, 0.1) is 22.4 Å². The van der Waals surface area contributed by atoms with Crippen molar-refractivity contribution < 1.29 is 0 Å². The van der Waals surface area contributed by atoms with Crippen LogP contribution < -0.4 is 0 Å². The zero-order chi connectivity index (χ0) is 30.5. The van der Waals surface area contributed by atoms with Crippen LogP contribution in [0.25, 0.3) is 88.1 Å². The molecule has 0 bridgehead atoms. The van der Waals surface area contributed by atoms with Gasteiger partial charge in [0.15, 0.2) is 0 Å². The lowest BCUT2D eigenvalue weighted by molar-refractivity contribution is 1.37. The summed E-state index contributed by atoms with van der Waals surface area (Å²) >= 11 is 0. The first-order valence-electron chi connectivity index (χ1n) is 15.7. The van der Waals surface area contributed by atoms with Crippen LogP contribution in [0.15, 0.2) is 170 Å². The SMILES string of the molecule is c1ccc(-c2ccc3cc(-c4ccc(-c5ccc6ccc7ccc(-c8ccccc8)nc7c6n5)c5ccccc45)ccc3c2)cc1. The number of pyridine rings is 2. The molecule has 0 saturated carbocycles. The number of fused-ring (bicyclic) bond motifs is 5. The fourth-order valence-electron chi connectivity index (χ4n) is 6.68. The monoisotopic (exact) mass is 584 g/mol. The first kappa shape index (κ1) is 26.3. The molecular formula is C44H28N2. The Kier molecular flexibility index (Phi) is 6.17. The normalized spacial score (nSPS) is 11.5. The number of hydrogen-bond donors (Lipinski definition) is 0. The molecule has 9 rings (SSSR count). The number of nitrogens with zero attached hydrogens (tertiary/aromatic N) is 2. The van der Waals surface area contributed by atoms with Gasteiger partial charge in [0.1, 0.15) is 0 Å². The summed E-state index contributed by atoms with van der Waals surface area (Å²) < 4.78 is 0. The van der Waals surface area contributed by atoms with Crippen molar-refractivity contribution in [3.63, 3.8) is 0 Å². The Bertz CT molecular complexity index is 2570. The van der Waals surface area contributed by atoms with E-state index in [1.165, 1.54) is 43.8 Å². The van der Waals surface area contributed by atoms with E-state index in [1.54, 1.807) is 0 Å². The highest BCUT2D eigenvalue weighted by molar-refractivity contribution is 6.08. The maximum Gasteiger partial charge on any atom is 0.0972 e. The zero-order valence-electron chi connectivity index (χ0n) is 25.1. The number of benzene rings is 7. The first-order chi connectivity index (χ1) is 22.8. The highest BCUT2D eigenvalue weighted by Crippen LogP contribution is 2.38. The van der Waals surface area contributed by atoms with Crippen molar-refractivity contribution in [1.29, 1.82) is 0 Å². The van der Waals surface area contributed by atoms with Gasteiger partial charge in [0.25, 0.3) is 0 Å². The van der Waals surface area contributed by atoms with E-state index in [0.717, 1.165) is 44.3 Å². The van der Waals surface area contributed by atoms with E-state index in [1.807, 2.05) is 6.07 Å². The van der Waals surface area contributed by atoms with Crippen LogP contribution in [0.5, 0.6) is 0 Å². The molecule has 0 aliphatic rings. The molecule has 0 saturated heterocycles. The molecule has 46 heavy (non-hydrogen) atoms. The third-order valence-electron chi connectivity index (χ3n) is 9.05. The molecule has 214 valence electrons. The maximum atomic E-state index is 5.27. The zero-order valence-corrected chi connectivity index (χ0v) is 25.1. The van der Waals surface area contributed by atoms with Gasteiger partial charge in [0.2, 0.25) is 0 Å². The summed E-state index contributed by atoms with van der Waals surface area (Å²) in [5.41, 5.74) is 10.9. The highest BCUT2D eigenvalue weighted by Gasteiger charge is 2.13. The van der Waals surface area contributed by atoms with Crippen molar-refractivity contribution in [2.75, 3.05) is 0 Å². The lowest BCUT2D eigenvalue weighted by atomic mass is 9.92. The number of aromatic nitrogens is 2. The van der Waals surface area contributed by atoms with Gasteiger partial charge in [-0.25, -0.2) is 9.97 Å². The minimum absolute atomic E-state index is 0.922. The average Bonchev–Trinajstić information content (AvgIpc) is 3.14. The molecule has 2 aromatic heterocycles. The van der Waals surface area contributed by atoms with Crippen LogP contribution in [0.3, 0.4) is 0 Å². The van der Waals surface area contributed by atoms with Gasteiger partial charge in [0, 0.05) is 21.9 Å². The average molecular weight is 585 g/mol. The van der Waals surface area contributed by atoms with E-state index in [4.69, 9.17) is 9.97 Å². The van der Waals surface area contributed by atoms with E-state index >= 15 is 0 Å². The third-order valence-corrected chi connectivity index (χ3v) is 9.05. The molecule has 2 heterocycles. The van der Waals surface area contributed by atoms with Crippen molar-refractivity contribution in [3.05, 3.63) is 170 Å². The van der Waals surface area contributed by atoms with Crippen molar-refractivity contribution in [1.82, 2.24) is 9.97 Å². The molecule has 0 aliphatic heterocycles. The third kappa shape index (κ3) is 4.51. The van der Waals surface area contributed by atoms with E-state index in [9.17, 15) is 0 Å². The van der Waals surface area contributed by atoms with Crippen LogP contribution in [-0.4, -0.2) is 9.97 Å². The Balaban J connectivity index is 1.16. The summed E-state index contributed by atoms with van der Waals surface area (Å²) in [6.07, 6.45) is 0. The van der Waals surface area contributed by atoms with Gasteiger partial charge >= 0.3 is 0 Å². The quantitative estimate of drug-likeness (QED) is 0.192. The van der Waals surface area contributed by atoms with Crippen molar-refractivity contribution in [3.8, 4) is 44.8 Å². The number of hydrogen-bond acceptors (Lipinski definition) is 2. The summed E-state index contributed by atoms with van der Waals surface area (Å²) in [6, 6.07) is 60.4. The minimum atomic E-state index is 0.922. The Labute approximate surface area is 267 Å². The summed E-state index contributed by atoms with van der Waals surface area (Å²) in [5.74, 6) is 0. The van der Waals surface area contributed by atoms with E-state index < -0.39 is 0 Å².